The van der Waals surface area contributed by atoms with Crippen molar-refractivity contribution in [2.75, 3.05) is 17.2 Å². The van der Waals surface area contributed by atoms with Crippen molar-refractivity contribution in [2.24, 2.45) is 0 Å². The molecule has 0 bridgehead atoms. The van der Waals surface area contributed by atoms with Crippen molar-refractivity contribution in [3.8, 4) is 0 Å². The Labute approximate surface area is 120 Å². The van der Waals surface area contributed by atoms with Crippen LogP contribution in [0.15, 0.2) is 30.6 Å². The van der Waals surface area contributed by atoms with Crippen LogP contribution in [0.1, 0.15) is 31.9 Å². The summed E-state index contributed by atoms with van der Waals surface area (Å²) in [5.41, 5.74) is 3.53. The zero-order valence-corrected chi connectivity index (χ0v) is 12.4. The highest BCUT2D eigenvalue weighted by Gasteiger charge is 2.10. The van der Waals surface area contributed by atoms with Gasteiger partial charge in [0.1, 0.15) is 18.0 Å². The van der Waals surface area contributed by atoms with E-state index in [2.05, 4.69) is 59.6 Å². The number of hydrogen-bond donors (Lipinski definition) is 2. The number of anilines is 3. The van der Waals surface area contributed by atoms with Crippen LogP contribution in [0.4, 0.5) is 17.3 Å². The number of aromatic nitrogens is 2. The van der Waals surface area contributed by atoms with Crippen molar-refractivity contribution in [1.29, 1.82) is 0 Å². The van der Waals surface area contributed by atoms with Crippen LogP contribution in [0, 0.1) is 0 Å². The summed E-state index contributed by atoms with van der Waals surface area (Å²) in [7, 11) is 0. The van der Waals surface area contributed by atoms with E-state index in [9.17, 15) is 0 Å². The van der Waals surface area contributed by atoms with Gasteiger partial charge in [-0.3, -0.25) is 0 Å². The number of aryl methyl sites for hydroxylation is 1. The number of nitrogens with one attached hydrogen (secondary N) is 2. The largest absolute Gasteiger partial charge is 0.370 e. The normalized spacial score (nSPS) is 10.3. The van der Waals surface area contributed by atoms with Gasteiger partial charge in [-0.05, 0) is 31.4 Å². The summed E-state index contributed by atoms with van der Waals surface area (Å²) in [6.07, 6.45) is 3.49. The lowest BCUT2D eigenvalue weighted by molar-refractivity contribution is 1.03. The van der Waals surface area contributed by atoms with Gasteiger partial charge in [0.05, 0.1) is 0 Å². The van der Waals surface area contributed by atoms with Gasteiger partial charge < -0.3 is 10.6 Å². The molecule has 0 aliphatic carbocycles. The van der Waals surface area contributed by atoms with Gasteiger partial charge in [0.15, 0.2) is 0 Å². The average Bonchev–Trinajstić information content (AvgIpc) is 2.48. The van der Waals surface area contributed by atoms with Gasteiger partial charge in [-0.15, -0.1) is 0 Å². The lowest BCUT2D eigenvalue weighted by atomic mass is 10.1. The molecule has 106 valence electrons. The standard InChI is InChI=1S/C16H22N4/c1-4-12-9-7-8-10-14(12)20-16-13(5-2)15(17-6-3)18-11-19-16/h7-11H,4-6H2,1-3H3,(H2,17,18,19,20). The molecule has 0 amide bonds. The first-order valence-electron chi connectivity index (χ1n) is 7.22. The summed E-state index contributed by atoms with van der Waals surface area (Å²) in [6, 6.07) is 8.34. The molecule has 0 unspecified atom stereocenters. The molecule has 0 aliphatic heterocycles. The molecule has 2 N–H and O–H groups in total. The highest BCUT2D eigenvalue weighted by molar-refractivity contribution is 5.67. The number of para-hydroxylation sites is 1. The highest BCUT2D eigenvalue weighted by atomic mass is 15.1. The summed E-state index contributed by atoms with van der Waals surface area (Å²) < 4.78 is 0. The van der Waals surface area contributed by atoms with E-state index in [4.69, 9.17) is 0 Å². The van der Waals surface area contributed by atoms with Crippen molar-refractivity contribution >= 4 is 17.3 Å². The summed E-state index contributed by atoms with van der Waals surface area (Å²) >= 11 is 0. The maximum absolute atomic E-state index is 4.40. The van der Waals surface area contributed by atoms with Gasteiger partial charge in [0.25, 0.3) is 0 Å². The van der Waals surface area contributed by atoms with Crippen molar-refractivity contribution in [1.82, 2.24) is 9.97 Å². The Morgan fingerprint density at radius 2 is 1.70 bits per heavy atom. The van der Waals surface area contributed by atoms with E-state index < -0.39 is 0 Å². The van der Waals surface area contributed by atoms with Crippen molar-refractivity contribution in [2.45, 2.75) is 33.6 Å². The van der Waals surface area contributed by atoms with Crippen LogP contribution in [0.25, 0.3) is 0 Å². The lowest BCUT2D eigenvalue weighted by Gasteiger charge is -2.15. The Bertz CT molecular complexity index is 566. The number of benzene rings is 1. The van der Waals surface area contributed by atoms with Crippen LogP contribution >= 0.6 is 0 Å². The fourth-order valence-corrected chi connectivity index (χ4v) is 2.25. The number of nitrogens with zero attached hydrogens (tertiary/aromatic N) is 2. The molecular weight excluding hydrogens is 248 g/mol. The Morgan fingerprint density at radius 1 is 0.950 bits per heavy atom. The Kier molecular flexibility index (Phi) is 4.93. The van der Waals surface area contributed by atoms with Gasteiger partial charge in [-0.25, -0.2) is 9.97 Å². The van der Waals surface area contributed by atoms with E-state index in [1.807, 2.05) is 6.07 Å². The van der Waals surface area contributed by atoms with E-state index in [1.165, 1.54) is 5.56 Å². The Morgan fingerprint density at radius 3 is 2.40 bits per heavy atom. The molecule has 2 rings (SSSR count). The minimum atomic E-state index is 0.856. The molecule has 1 aromatic carbocycles. The molecule has 0 fully saturated rings. The molecule has 2 aromatic rings. The van der Waals surface area contributed by atoms with E-state index in [-0.39, 0.29) is 0 Å². The van der Waals surface area contributed by atoms with Gasteiger partial charge in [0.2, 0.25) is 0 Å². The molecule has 0 saturated carbocycles. The smallest absolute Gasteiger partial charge is 0.139 e. The van der Waals surface area contributed by atoms with Crippen molar-refractivity contribution < 1.29 is 0 Å². The second-order valence-corrected chi connectivity index (χ2v) is 4.57. The first-order chi connectivity index (χ1) is 9.80. The summed E-state index contributed by atoms with van der Waals surface area (Å²) in [5.74, 6) is 1.81. The van der Waals surface area contributed by atoms with Crippen molar-refractivity contribution in [3.63, 3.8) is 0 Å². The molecule has 4 nitrogen and oxygen atoms in total. The second kappa shape index (κ2) is 6.89. The predicted octanol–water partition coefficient (Wildman–Crippen LogP) is 3.78. The molecule has 0 radical (unpaired) electrons. The molecule has 0 aliphatic rings. The van der Waals surface area contributed by atoms with Crippen LogP contribution in [0.3, 0.4) is 0 Å². The summed E-state index contributed by atoms with van der Waals surface area (Å²) in [6.45, 7) is 7.21. The van der Waals surface area contributed by atoms with Gasteiger partial charge in [0, 0.05) is 17.8 Å². The maximum atomic E-state index is 4.40. The van der Waals surface area contributed by atoms with Crippen molar-refractivity contribution in [3.05, 3.63) is 41.7 Å². The maximum Gasteiger partial charge on any atom is 0.139 e. The molecule has 0 spiro atoms. The van der Waals surface area contributed by atoms with Crippen LogP contribution < -0.4 is 10.6 Å². The van der Waals surface area contributed by atoms with Crippen LogP contribution in [0.2, 0.25) is 0 Å². The topological polar surface area (TPSA) is 49.8 Å². The van der Waals surface area contributed by atoms with E-state index in [1.54, 1.807) is 6.33 Å². The Hall–Kier alpha value is -2.10. The fraction of sp³-hybridized carbons (Fsp3) is 0.375. The van der Waals surface area contributed by atoms with Gasteiger partial charge in [-0.1, -0.05) is 32.0 Å². The third-order valence-electron chi connectivity index (χ3n) is 3.29. The monoisotopic (exact) mass is 270 g/mol. The zero-order valence-electron chi connectivity index (χ0n) is 12.4. The predicted molar refractivity (Wildman–Crippen MR) is 84.7 cm³/mol. The molecule has 1 aromatic heterocycles. The van der Waals surface area contributed by atoms with Gasteiger partial charge in [-0.2, -0.15) is 0 Å². The van der Waals surface area contributed by atoms with Crippen LogP contribution in [-0.4, -0.2) is 16.5 Å². The average molecular weight is 270 g/mol. The van der Waals surface area contributed by atoms with Gasteiger partial charge >= 0.3 is 0 Å². The molecular formula is C16H22N4. The van der Waals surface area contributed by atoms with E-state index in [0.717, 1.165) is 42.3 Å². The zero-order chi connectivity index (χ0) is 14.4. The van der Waals surface area contributed by atoms with E-state index >= 15 is 0 Å². The highest BCUT2D eigenvalue weighted by Crippen LogP contribution is 2.26. The molecule has 20 heavy (non-hydrogen) atoms. The fourth-order valence-electron chi connectivity index (χ4n) is 2.25. The molecule has 0 saturated heterocycles. The quantitative estimate of drug-likeness (QED) is 0.838. The van der Waals surface area contributed by atoms with Crippen LogP contribution in [0.5, 0.6) is 0 Å². The van der Waals surface area contributed by atoms with E-state index in [0.29, 0.717) is 0 Å². The van der Waals surface area contributed by atoms with Crippen LogP contribution in [-0.2, 0) is 12.8 Å². The third kappa shape index (κ3) is 3.07. The first kappa shape index (κ1) is 14.3. The third-order valence-corrected chi connectivity index (χ3v) is 3.29. The molecule has 0 atom stereocenters. The number of rotatable bonds is 6. The molecule has 4 heteroatoms. The number of hydrogen-bond acceptors (Lipinski definition) is 4. The minimum Gasteiger partial charge on any atom is -0.370 e. The lowest BCUT2D eigenvalue weighted by Crippen LogP contribution is -2.08. The molecule has 1 heterocycles. The Balaban J connectivity index is 2.35. The summed E-state index contributed by atoms with van der Waals surface area (Å²) in [4.78, 5) is 8.72. The first-order valence-corrected chi connectivity index (χ1v) is 7.22. The SMILES string of the molecule is CCNc1ncnc(Nc2ccccc2CC)c1CC. The second-order valence-electron chi connectivity index (χ2n) is 4.57. The summed E-state index contributed by atoms with van der Waals surface area (Å²) in [5, 5.41) is 6.74. The minimum absolute atomic E-state index is 0.856.